The van der Waals surface area contributed by atoms with Crippen molar-refractivity contribution in [3.63, 3.8) is 0 Å². The van der Waals surface area contributed by atoms with Crippen LogP contribution >= 0.6 is 12.2 Å². The maximum atomic E-state index is 13.4. The molecule has 3 N–H and O–H groups in total. The maximum Gasteiger partial charge on any atom is 0.185 e. The summed E-state index contributed by atoms with van der Waals surface area (Å²) >= 11 is 5.01. The van der Waals surface area contributed by atoms with Crippen LogP contribution in [0.25, 0.3) is 5.70 Å². The van der Waals surface area contributed by atoms with Gasteiger partial charge in [0.1, 0.15) is 5.82 Å². The van der Waals surface area contributed by atoms with E-state index in [0.29, 0.717) is 22.9 Å². The van der Waals surface area contributed by atoms with Gasteiger partial charge in [-0.25, -0.2) is 4.39 Å². The predicted octanol–water partition coefficient (Wildman–Crippen LogP) is 2.34. The van der Waals surface area contributed by atoms with Crippen molar-refractivity contribution < 1.29 is 4.39 Å². The third-order valence-corrected chi connectivity index (χ3v) is 2.32. The minimum atomic E-state index is -0.336. The molecule has 0 heterocycles. The summed E-state index contributed by atoms with van der Waals surface area (Å²) in [6.45, 7) is 9.95. The van der Waals surface area contributed by atoms with Crippen LogP contribution in [0.2, 0.25) is 0 Å². The van der Waals surface area contributed by atoms with E-state index in [4.69, 9.17) is 12.2 Å². The van der Waals surface area contributed by atoms with E-state index in [0.717, 1.165) is 5.57 Å². The smallest absolute Gasteiger partial charge is 0.185 e. The molecular formula is C13H16FN3S. The van der Waals surface area contributed by atoms with Gasteiger partial charge in [0.2, 0.25) is 0 Å². The van der Waals surface area contributed by atoms with E-state index in [1.54, 1.807) is 18.2 Å². The van der Waals surface area contributed by atoms with Gasteiger partial charge in [-0.05, 0) is 31.3 Å². The monoisotopic (exact) mass is 265 g/mol. The molecule has 1 aromatic carbocycles. The Bertz CT molecular complexity index is 471. The largest absolute Gasteiger partial charge is 0.358 e. The highest BCUT2D eigenvalue weighted by molar-refractivity contribution is 7.80. The van der Waals surface area contributed by atoms with Gasteiger partial charge in [0, 0.05) is 12.1 Å². The molecule has 0 atom stereocenters. The molecule has 0 radical (unpaired) electrons. The molecule has 1 aromatic rings. The van der Waals surface area contributed by atoms with Gasteiger partial charge in [0.15, 0.2) is 5.11 Å². The molecule has 0 saturated carbocycles. The molecule has 0 unspecified atom stereocenters. The summed E-state index contributed by atoms with van der Waals surface area (Å²) in [5.41, 5.74) is 7.24. The van der Waals surface area contributed by atoms with Crippen LogP contribution in [0, 0.1) is 5.82 Å². The first kappa shape index (κ1) is 14.2. The van der Waals surface area contributed by atoms with Crippen molar-refractivity contribution in [1.82, 2.24) is 16.2 Å². The van der Waals surface area contributed by atoms with E-state index in [2.05, 4.69) is 29.3 Å². The Kier molecular flexibility index (Phi) is 5.32. The Morgan fingerprint density at radius 3 is 2.56 bits per heavy atom. The highest BCUT2D eigenvalue weighted by Gasteiger charge is 2.04. The number of nitrogens with one attached hydrogen (secondary N) is 3. The Hall–Kier alpha value is -1.88. The minimum Gasteiger partial charge on any atom is -0.358 e. The van der Waals surface area contributed by atoms with Gasteiger partial charge < -0.3 is 5.32 Å². The predicted molar refractivity (Wildman–Crippen MR) is 77.1 cm³/mol. The normalized spacial score (nSPS) is 9.44. The number of hydrogen-bond acceptors (Lipinski definition) is 2. The van der Waals surface area contributed by atoms with Gasteiger partial charge in [-0.2, -0.15) is 0 Å². The first-order chi connectivity index (χ1) is 8.50. The van der Waals surface area contributed by atoms with Crippen LogP contribution < -0.4 is 16.2 Å². The molecule has 3 nitrogen and oxygen atoms in total. The molecule has 1 rings (SSSR count). The average Bonchev–Trinajstić information content (AvgIpc) is 2.34. The standard InChI is InChI=1S/C13H16FN3S/c1-9(2)8-15-13(18)17-16-10(3)11-6-4-5-7-12(11)14/h4-7,16H,1,3,8H2,2H3,(H2,15,17,18). The molecule has 96 valence electrons. The summed E-state index contributed by atoms with van der Waals surface area (Å²) in [4.78, 5) is 0. The summed E-state index contributed by atoms with van der Waals surface area (Å²) in [7, 11) is 0. The SMILES string of the molecule is C=C(C)CNC(=S)NNC(=C)c1ccccc1F. The lowest BCUT2D eigenvalue weighted by Gasteiger charge is -2.14. The highest BCUT2D eigenvalue weighted by atomic mass is 32.1. The second-order valence-electron chi connectivity index (χ2n) is 3.85. The van der Waals surface area contributed by atoms with Crippen molar-refractivity contribution >= 4 is 23.0 Å². The number of thiocarbonyl (C=S) groups is 1. The molecule has 0 spiro atoms. The third kappa shape index (κ3) is 4.55. The zero-order valence-corrected chi connectivity index (χ0v) is 11.0. The van der Waals surface area contributed by atoms with Crippen LogP contribution in [0.5, 0.6) is 0 Å². The average molecular weight is 265 g/mol. The fraction of sp³-hybridized carbons (Fsp3) is 0.154. The highest BCUT2D eigenvalue weighted by Crippen LogP contribution is 2.12. The Morgan fingerprint density at radius 2 is 1.94 bits per heavy atom. The zero-order valence-electron chi connectivity index (χ0n) is 10.2. The van der Waals surface area contributed by atoms with Crippen LogP contribution in [0.4, 0.5) is 4.39 Å². The molecule has 0 aromatic heterocycles. The molecular weight excluding hydrogens is 249 g/mol. The number of benzene rings is 1. The second-order valence-corrected chi connectivity index (χ2v) is 4.26. The van der Waals surface area contributed by atoms with E-state index in [1.807, 2.05) is 6.92 Å². The lowest BCUT2D eigenvalue weighted by atomic mass is 10.2. The molecule has 0 aliphatic rings. The quantitative estimate of drug-likeness (QED) is 0.434. The summed E-state index contributed by atoms with van der Waals surface area (Å²) in [5, 5.41) is 3.33. The Labute approximate surface area is 112 Å². The maximum absolute atomic E-state index is 13.4. The Morgan fingerprint density at radius 1 is 1.28 bits per heavy atom. The molecule has 0 fully saturated rings. The van der Waals surface area contributed by atoms with Crippen molar-refractivity contribution in [2.45, 2.75) is 6.92 Å². The fourth-order valence-corrected chi connectivity index (χ4v) is 1.30. The van der Waals surface area contributed by atoms with E-state index < -0.39 is 0 Å². The van der Waals surface area contributed by atoms with Gasteiger partial charge >= 0.3 is 0 Å². The van der Waals surface area contributed by atoms with E-state index in [1.165, 1.54) is 6.07 Å². The topological polar surface area (TPSA) is 36.1 Å². The van der Waals surface area contributed by atoms with Crippen molar-refractivity contribution in [3.05, 3.63) is 54.4 Å². The summed E-state index contributed by atoms with van der Waals surface area (Å²) in [5.74, 6) is -0.336. The summed E-state index contributed by atoms with van der Waals surface area (Å²) in [6, 6.07) is 6.37. The molecule has 0 aliphatic heterocycles. The molecule has 18 heavy (non-hydrogen) atoms. The van der Waals surface area contributed by atoms with Gasteiger partial charge in [0.25, 0.3) is 0 Å². The third-order valence-electron chi connectivity index (χ3n) is 2.08. The van der Waals surface area contributed by atoms with Gasteiger partial charge in [0.05, 0.1) is 5.70 Å². The van der Waals surface area contributed by atoms with Crippen molar-refractivity contribution in [1.29, 1.82) is 0 Å². The molecule has 5 heteroatoms. The van der Waals surface area contributed by atoms with Crippen LogP contribution in [0.1, 0.15) is 12.5 Å². The Balaban J connectivity index is 2.45. The van der Waals surface area contributed by atoms with Crippen LogP contribution in [-0.2, 0) is 0 Å². The van der Waals surface area contributed by atoms with Crippen LogP contribution in [0.15, 0.2) is 43.0 Å². The van der Waals surface area contributed by atoms with Crippen molar-refractivity contribution in [3.8, 4) is 0 Å². The lowest BCUT2D eigenvalue weighted by molar-refractivity contribution is 0.621. The van der Waals surface area contributed by atoms with Crippen LogP contribution in [0.3, 0.4) is 0 Å². The van der Waals surface area contributed by atoms with Gasteiger partial charge in [-0.3, -0.25) is 10.9 Å². The minimum absolute atomic E-state index is 0.336. The second kappa shape index (κ2) is 6.76. The number of hydrogen-bond donors (Lipinski definition) is 3. The summed E-state index contributed by atoms with van der Waals surface area (Å²) < 4.78 is 13.4. The molecule has 0 saturated heterocycles. The first-order valence-electron chi connectivity index (χ1n) is 5.38. The van der Waals surface area contributed by atoms with Gasteiger partial charge in [-0.15, -0.1) is 0 Å². The van der Waals surface area contributed by atoms with Crippen molar-refractivity contribution in [2.24, 2.45) is 0 Å². The number of hydrazine groups is 1. The first-order valence-corrected chi connectivity index (χ1v) is 5.79. The van der Waals surface area contributed by atoms with Crippen LogP contribution in [-0.4, -0.2) is 11.7 Å². The number of halogens is 1. The number of rotatable bonds is 5. The van der Waals surface area contributed by atoms with E-state index in [9.17, 15) is 4.39 Å². The van der Waals surface area contributed by atoms with E-state index >= 15 is 0 Å². The van der Waals surface area contributed by atoms with Crippen molar-refractivity contribution in [2.75, 3.05) is 6.54 Å². The van der Waals surface area contributed by atoms with E-state index in [-0.39, 0.29) is 5.82 Å². The fourth-order valence-electron chi connectivity index (χ4n) is 1.18. The molecule has 0 amide bonds. The zero-order chi connectivity index (χ0) is 13.5. The molecule has 0 bridgehead atoms. The molecule has 0 aliphatic carbocycles. The lowest BCUT2D eigenvalue weighted by Crippen LogP contribution is -2.43. The van der Waals surface area contributed by atoms with Gasteiger partial charge in [-0.1, -0.05) is 30.9 Å². The summed E-state index contributed by atoms with van der Waals surface area (Å²) in [6.07, 6.45) is 0.